The van der Waals surface area contributed by atoms with Gasteiger partial charge in [0.15, 0.2) is 56.3 Å². The molecule has 0 unspecified atom stereocenters. The summed E-state index contributed by atoms with van der Waals surface area (Å²) in [6, 6.07) is -3.91. The average molecular weight is 602 g/mol. The Hall–Kier alpha value is -2.93. The van der Waals surface area contributed by atoms with Crippen molar-refractivity contribution in [2.45, 2.75) is 47.6 Å². The lowest BCUT2D eigenvalue weighted by Crippen LogP contribution is -2.54. The van der Waals surface area contributed by atoms with Crippen LogP contribution >= 0.6 is 0 Å². The molecule has 1 aliphatic rings. The van der Waals surface area contributed by atoms with Gasteiger partial charge in [0.25, 0.3) is 10.0 Å². The molecule has 0 aromatic heterocycles. The molecule has 1 amide bonds. The van der Waals surface area contributed by atoms with Gasteiger partial charge >= 0.3 is 0 Å². The second-order valence-electron chi connectivity index (χ2n) is 7.82. The number of carbonyl (C=O) groups is 1. The molecule has 1 aliphatic carbocycles. The fourth-order valence-electron chi connectivity index (χ4n) is 3.86. The molecule has 210 valence electrons. The van der Waals surface area contributed by atoms with Gasteiger partial charge in [-0.15, -0.1) is 0 Å². The van der Waals surface area contributed by atoms with Crippen LogP contribution in [0.25, 0.3) is 0 Å². The maximum absolute atomic E-state index is 14.2. The van der Waals surface area contributed by atoms with Crippen molar-refractivity contribution in [3.63, 3.8) is 0 Å². The Morgan fingerprint density at radius 1 is 0.605 bits per heavy atom. The van der Waals surface area contributed by atoms with Crippen molar-refractivity contribution in [3.8, 4) is 0 Å². The second kappa shape index (κ2) is 10.3. The van der Waals surface area contributed by atoms with E-state index >= 15 is 0 Å². The lowest BCUT2D eigenvalue weighted by atomic mass is 9.91. The zero-order valence-electron chi connectivity index (χ0n) is 18.1. The van der Waals surface area contributed by atoms with Gasteiger partial charge in [0.05, 0.1) is 6.04 Å². The van der Waals surface area contributed by atoms with E-state index in [1.807, 2.05) is 0 Å². The molecule has 2 atom stereocenters. The van der Waals surface area contributed by atoms with Crippen LogP contribution in [0.4, 0.5) is 43.9 Å². The average Bonchev–Trinajstić information content (AvgIpc) is 2.84. The molecule has 0 aliphatic heterocycles. The SMILES string of the molecule is O=CN([C@@H]1CCCC[C@H]1NS(=O)(=O)c1c(F)c(F)c(F)c(F)c1F)S(=O)(=O)c1c(F)c(F)c(F)c(F)c1F. The molecular weight excluding hydrogens is 590 g/mol. The molecule has 2 aromatic rings. The van der Waals surface area contributed by atoms with E-state index in [1.165, 1.54) is 4.72 Å². The van der Waals surface area contributed by atoms with E-state index in [0.29, 0.717) is 0 Å². The molecule has 0 bridgehead atoms. The highest BCUT2D eigenvalue weighted by atomic mass is 32.2. The summed E-state index contributed by atoms with van der Waals surface area (Å²) in [6.45, 7) is 0. The molecule has 0 radical (unpaired) electrons. The number of hydrogen-bond donors (Lipinski definition) is 1. The fraction of sp³-hybridized carbons (Fsp3) is 0.316. The van der Waals surface area contributed by atoms with Crippen LogP contribution in [0.5, 0.6) is 0 Å². The maximum Gasteiger partial charge on any atom is 0.272 e. The molecule has 0 spiro atoms. The molecule has 1 N–H and O–H groups in total. The molecule has 38 heavy (non-hydrogen) atoms. The van der Waals surface area contributed by atoms with Crippen LogP contribution < -0.4 is 4.72 Å². The van der Waals surface area contributed by atoms with E-state index in [1.54, 1.807) is 0 Å². The smallest absolute Gasteiger partial charge is 0.272 e. The summed E-state index contributed by atoms with van der Waals surface area (Å²) < 4.78 is 190. The molecule has 7 nitrogen and oxygen atoms in total. The van der Waals surface area contributed by atoms with Crippen molar-refractivity contribution in [2.24, 2.45) is 0 Å². The van der Waals surface area contributed by atoms with Crippen molar-refractivity contribution >= 4 is 26.5 Å². The summed E-state index contributed by atoms with van der Waals surface area (Å²) in [5.41, 5.74) is 0. The van der Waals surface area contributed by atoms with Gasteiger partial charge in [0, 0.05) is 6.04 Å². The Bertz CT molecular complexity index is 1480. The summed E-state index contributed by atoms with van der Waals surface area (Å²) in [5, 5.41) is 0. The number of amides is 1. The monoisotopic (exact) mass is 602 g/mol. The number of halogens is 10. The van der Waals surface area contributed by atoms with Crippen LogP contribution in [0.15, 0.2) is 9.79 Å². The van der Waals surface area contributed by atoms with Gasteiger partial charge in [0.1, 0.15) is 0 Å². The predicted octanol–water partition coefficient (Wildman–Crippen LogP) is 3.51. The van der Waals surface area contributed by atoms with Gasteiger partial charge in [-0.3, -0.25) is 4.79 Å². The van der Waals surface area contributed by atoms with Crippen molar-refractivity contribution in [1.29, 1.82) is 0 Å². The molecular formula is C19H12F10N2O5S2. The van der Waals surface area contributed by atoms with Crippen molar-refractivity contribution < 1.29 is 65.5 Å². The normalized spacial score (nSPS) is 18.5. The van der Waals surface area contributed by atoms with E-state index in [2.05, 4.69) is 0 Å². The third-order valence-corrected chi connectivity index (χ3v) is 8.91. The van der Waals surface area contributed by atoms with Crippen LogP contribution in [0, 0.1) is 58.2 Å². The van der Waals surface area contributed by atoms with Crippen molar-refractivity contribution in [2.75, 3.05) is 0 Å². The second-order valence-corrected chi connectivity index (χ2v) is 11.2. The van der Waals surface area contributed by atoms with E-state index in [9.17, 15) is 65.5 Å². The Morgan fingerprint density at radius 3 is 1.39 bits per heavy atom. The first-order valence-corrected chi connectivity index (χ1v) is 13.0. The van der Waals surface area contributed by atoms with Gasteiger partial charge in [-0.25, -0.2) is 69.8 Å². The number of rotatable bonds is 7. The zero-order chi connectivity index (χ0) is 28.9. The van der Waals surface area contributed by atoms with Gasteiger partial charge < -0.3 is 0 Å². The van der Waals surface area contributed by atoms with E-state index in [0.717, 1.165) is 0 Å². The van der Waals surface area contributed by atoms with Crippen molar-refractivity contribution in [1.82, 2.24) is 9.03 Å². The number of carbonyl (C=O) groups excluding carboxylic acids is 1. The number of benzene rings is 2. The topological polar surface area (TPSA) is 101 Å². The Morgan fingerprint density at radius 2 is 0.974 bits per heavy atom. The number of nitrogens with one attached hydrogen (secondary N) is 1. The van der Waals surface area contributed by atoms with Crippen LogP contribution in [0.3, 0.4) is 0 Å². The lowest BCUT2D eigenvalue weighted by Gasteiger charge is -2.37. The minimum atomic E-state index is -5.95. The highest BCUT2D eigenvalue weighted by Crippen LogP contribution is 2.34. The molecule has 0 heterocycles. The predicted molar refractivity (Wildman–Crippen MR) is 104 cm³/mol. The first-order valence-electron chi connectivity index (χ1n) is 10.0. The summed E-state index contributed by atoms with van der Waals surface area (Å²) in [6.07, 6.45) is -1.60. The minimum Gasteiger partial charge on any atom is -0.278 e. The molecule has 1 saturated carbocycles. The Labute approximate surface area is 207 Å². The van der Waals surface area contributed by atoms with E-state index in [4.69, 9.17) is 0 Å². The van der Waals surface area contributed by atoms with Crippen LogP contribution in [-0.4, -0.2) is 39.6 Å². The van der Waals surface area contributed by atoms with E-state index < -0.39 is 124 Å². The van der Waals surface area contributed by atoms with Gasteiger partial charge in [0.2, 0.25) is 28.1 Å². The first-order chi connectivity index (χ1) is 17.5. The quantitative estimate of drug-likeness (QED) is 0.226. The minimum absolute atomic E-state index is 0.0115. The number of nitrogens with zero attached hydrogens (tertiary/aromatic N) is 1. The molecule has 3 rings (SSSR count). The standard InChI is InChI=1S/C19H12F10N2O5S2/c20-8-10(22)14(26)18(15(27)11(8)23)37(33,34)30-6-3-1-2-4-7(6)31(5-32)38(35,36)19-16(28)12(24)9(21)13(25)17(19)29/h5-7,30H,1-4H2/t6-,7-/m1/s1. The summed E-state index contributed by atoms with van der Waals surface area (Å²) in [4.78, 5) is 6.90. The van der Waals surface area contributed by atoms with Crippen LogP contribution in [0.2, 0.25) is 0 Å². The number of hydrogen-bond acceptors (Lipinski definition) is 5. The summed E-state index contributed by atoms with van der Waals surface area (Å²) in [5.74, 6) is -27.3. The first kappa shape index (κ1) is 29.6. The molecule has 1 fully saturated rings. The third kappa shape index (κ3) is 4.70. The van der Waals surface area contributed by atoms with Crippen molar-refractivity contribution in [3.05, 3.63) is 58.2 Å². The fourth-order valence-corrected chi connectivity index (χ4v) is 6.87. The highest BCUT2D eigenvalue weighted by Gasteiger charge is 2.44. The molecule has 0 saturated heterocycles. The maximum atomic E-state index is 14.2. The van der Waals surface area contributed by atoms with Crippen LogP contribution in [-0.2, 0) is 24.8 Å². The third-order valence-electron chi connectivity index (χ3n) is 5.61. The Kier molecular flexibility index (Phi) is 8.05. The van der Waals surface area contributed by atoms with Gasteiger partial charge in [-0.2, -0.15) is 0 Å². The zero-order valence-corrected chi connectivity index (χ0v) is 19.8. The molecule has 2 aromatic carbocycles. The number of sulfonamides is 2. The van der Waals surface area contributed by atoms with Gasteiger partial charge in [-0.1, -0.05) is 12.8 Å². The Balaban J connectivity index is 2.11. The summed E-state index contributed by atoms with van der Waals surface area (Å²) >= 11 is 0. The van der Waals surface area contributed by atoms with E-state index in [-0.39, 0.29) is 12.8 Å². The lowest BCUT2D eigenvalue weighted by molar-refractivity contribution is -0.116. The largest absolute Gasteiger partial charge is 0.278 e. The summed E-state index contributed by atoms with van der Waals surface area (Å²) in [7, 11) is -11.7. The van der Waals surface area contributed by atoms with Gasteiger partial charge in [-0.05, 0) is 12.8 Å². The molecule has 19 heteroatoms. The highest BCUT2D eigenvalue weighted by molar-refractivity contribution is 7.90. The van der Waals surface area contributed by atoms with Crippen LogP contribution in [0.1, 0.15) is 25.7 Å².